The Balaban J connectivity index is 2.01. The van der Waals surface area contributed by atoms with Gasteiger partial charge in [-0.1, -0.05) is 18.2 Å². The van der Waals surface area contributed by atoms with Gasteiger partial charge in [0, 0.05) is 12.2 Å². The first-order chi connectivity index (χ1) is 11.1. The van der Waals surface area contributed by atoms with Crippen molar-refractivity contribution in [2.75, 3.05) is 18.4 Å². The van der Waals surface area contributed by atoms with Gasteiger partial charge in [-0.15, -0.1) is 0 Å². The summed E-state index contributed by atoms with van der Waals surface area (Å²) >= 11 is 0. The van der Waals surface area contributed by atoms with Crippen molar-refractivity contribution in [1.82, 2.24) is 4.90 Å². The fraction of sp³-hybridized carbons (Fsp3) is 0.333. The molecule has 0 radical (unpaired) electrons. The number of carbonyl (C=O) groups is 1. The minimum absolute atomic E-state index is 0.0562. The number of rotatable bonds is 7. The molecule has 0 spiro atoms. The topological polar surface area (TPSA) is 69.3 Å². The molecule has 0 aliphatic carbocycles. The number of benzene rings is 1. The van der Waals surface area contributed by atoms with Crippen LogP contribution in [0, 0.1) is 25.2 Å². The normalized spacial score (nSPS) is 10.1. The van der Waals surface area contributed by atoms with Gasteiger partial charge in [0.05, 0.1) is 31.8 Å². The summed E-state index contributed by atoms with van der Waals surface area (Å²) in [6.45, 7) is 4.98. The fourth-order valence-electron chi connectivity index (χ4n) is 2.44. The highest BCUT2D eigenvalue weighted by molar-refractivity contribution is 5.81. The van der Waals surface area contributed by atoms with E-state index in [0.717, 1.165) is 16.8 Å². The molecule has 2 aromatic rings. The zero-order valence-corrected chi connectivity index (χ0v) is 13.5. The Bertz CT molecular complexity index is 667. The van der Waals surface area contributed by atoms with E-state index in [0.29, 0.717) is 25.3 Å². The number of furan rings is 1. The van der Waals surface area contributed by atoms with Gasteiger partial charge in [0.2, 0.25) is 5.91 Å². The second-order valence-electron chi connectivity index (χ2n) is 5.42. The van der Waals surface area contributed by atoms with Gasteiger partial charge in [-0.3, -0.25) is 4.79 Å². The smallest absolute Gasteiger partial charge is 0.242 e. The maximum atomic E-state index is 12.5. The Labute approximate surface area is 136 Å². The first-order valence-corrected chi connectivity index (χ1v) is 7.59. The van der Waals surface area contributed by atoms with Crippen molar-refractivity contribution in [2.45, 2.75) is 26.8 Å². The molecule has 23 heavy (non-hydrogen) atoms. The molecule has 5 heteroatoms. The number of aryl methyl sites for hydroxylation is 2. The molecule has 1 aromatic heterocycles. The molecule has 1 amide bonds. The molecule has 5 nitrogen and oxygen atoms in total. The number of anilines is 1. The maximum Gasteiger partial charge on any atom is 0.242 e. The minimum Gasteiger partial charge on any atom is -0.467 e. The quantitative estimate of drug-likeness (QED) is 0.852. The van der Waals surface area contributed by atoms with Gasteiger partial charge in [0.1, 0.15) is 5.76 Å². The van der Waals surface area contributed by atoms with Crippen molar-refractivity contribution in [3.63, 3.8) is 0 Å². The Kier molecular flexibility index (Phi) is 5.81. The van der Waals surface area contributed by atoms with Gasteiger partial charge < -0.3 is 14.6 Å². The number of hydrogen-bond acceptors (Lipinski definition) is 4. The summed E-state index contributed by atoms with van der Waals surface area (Å²) in [7, 11) is 0. The standard InChI is InChI=1S/C18H21N3O2/c1-14-6-3-7-15(2)18(14)20-12-17(22)21(10-5-9-19)13-16-8-4-11-23-16/h3-4,6-8,11,20H,5,10,12-13H2,1-2H3. The lowest BCUT2D eigenvalue weighted by molar-refractivity contribution is -0.130. The molecule has 0 aliphatic heterocycles. The zero-order chi connectivity index (χ0) is 16.7. The molecule has 2 rings (SSSR count). The zero-order valence-electron chi connectivity index (χ0n) is 13.5. The van der Waals surface area contributed by atoms with E-state index >= 15 is 0 Å². The molecule has 1 heterocycles. The average Bonchev–Trinajstić information content (AvgIpc) is 3.03. The average molecular weight is 311 g/mol. The van der Waals surface area contributed by atoms with Gasteiger partial charge in [-0.2, -0.15) is 5.26 Å². The monoisotopic (exact) mass is 311 g/mol. The van der Waals surface area contributed by atoms with Crippen molar-refractivity contribution >= 4 is 11.6 Å². The molecular weight excluding hydrogens is 290 g/mol. The van der Waals surface area contributed by atoms with Crippen molar-refractivity contribution in [3.8, 4) is 6.07 Å². The molecule has 0 saturated heterocycles. The molecule has 0 aliphatic rings. The van der Waals surface area contributed by atoms with Crippen LogP contribution in [0.4, 0.5) is 5.69 Å². The first-order valence-electron chi connectivity index (χ1n) is 7.59. The third-order valence-corrected chi connectivity index (χ3v) is 3.67. The van der Waals surface area contributed by atoms with Crippen LogP contribution in [0.15, 0.2) is 41.0 Å². The second kappa shape index (κ2) is 8.04. The van der Waals surface area contributed by atoms with Crippen molar-refractivity contribution in [1.29, 1.82) is 5.26 Å². The third kappa shape index (κ3) is 4.62. The molecule has 120 valence electrons. The summed E-state index contributed by atoms with van der Waals surface area (Å²) in [5, 5.41) is 12.0. The van der Waals surface area contributed by atoms with Crippen LogP contribution >= 0.6 is 0 Å². The molecule has 1 aromatic carbocycles. The molecule has 0 saturated carbocycles. The predicted octanol–water partition coefficient (Wildman–Crippen LogP) is 3.25. The number of nitrogens with zero attached hydrogens (tertiary/aromatic N) is 2. The van der Waals surface area contributed by atoms with E-state index in [9.17, 15) is 4.79 Å². The van der Waals surface area contributed by atoms with Crippen LogP contribution < -0.4 is 5.32 Å². The van der Waals surface area contributed by atoms with Crippen LogP contribution in [0.25, 0.3) is 0 Å². The number of para-hydroxylation sites is 1. The molecule has 0 fully saturated rings. The van der Waals surface area contributed by atoms with E-state index in [4.69, 9.17) is 9.68 Å². The van der Waals surface area contributed by atoms with E-state index in [1.54, 1.807) is 17.2 Å². The summed E-state index contributed by atoms with van der Waals surface area (Å²) in [5.74, 6) is 0.655. The summed E-state index contributed by atoms with van der Waals surface area (Å²) in [5.41, 5.74) is 3.19. The maximum absolute atomic E-state index is 12.5. The van der Waals surface area contributed by atoms with Crippen LogP contribution in [-0.2, 0) is 11.3 Å². The van der Waals surface area contributed by atoms with Crippen LogP contribution in [0.2, 0.25) is 0 Å². The van der Waals surface area contributed by atoms with Gasteiger partial charge in [0.15, 0.2) is 0 Å². The van der Waals surface area contributed by atoms with E-state index in [-0.39, 0.29) is 12.5 Å². The molecular formula is C18H21N3O2. The number of amides is 1. The number of hydrogen-bond donors (Lipinski definition) is 1. The lowest BCUT2D eigenvalue weighted by atomic mass is 10.1. The van der Waals surface area contributed by atoms with E-state index in [1.165, 1.54) is 0 Å². The number of nitrogens with one attached hydrogen (secondary N) is 1. The third-order valence-electron chi connectivity index (χ3n) is 3.67. The highest BCUT2D eigenvalue weighted by Gasteiger charge is 2.15. The van der Waals surface area contributed by atoms with E-state index in [2.05, 4.69) is 11.4 Å². The van der Waals surface area contributed by atoms with Crippen LogP contribution in [0.5, 0.6) is 0 Å². The summed E-state index contributed by atoms with van der Waals surface area (Å²) in [6, 6.07) is 11.7. The Morgan fingerprint density at radius 2 is 2.00 bits per heavy atom. The first kappa shape index (κ1) is 16.6. The van der Waals surface area contributed by atoms with Gasteiger partial charge >= 0.3 is 0 Å². The second-order valence-corrected chi connectivity index (χ2v) is 5.42. The Morgan fingerprint density at radius 3 is 2.61 bits per heavy atom. The lowest BCUT2D eigenvalue weighted by Gasteiger charge is -2.21. The summed E-state index contributed by atoms with van der Waals surface area (Å²) < 4.78 is 5.30. The highest BCUT2D eigenvalue weighted by Crippen LogP contribution is 2.19. The van der Waals surface area contributed by atoms with Crippen molar-refractivity contribution in [2.24, 2.45) is 0 Å². The molecule has 0 bridgehead atoms. The van der Waals surface area contributed by atoms with Crippen LogP contribution in [0.3, 0.4) is 0 Å². The van der Waals surface area contributed by atoms with Gasteiger partial charge in [-0.05, 0) is 37.1 Å². The number of carbonyl (C=O) groups excluding carboxylic acids is 1. The van der Waals surface area contributed by atoms with Crippen molar-refractivity contribution in [3.05, 3.63) is 53.5 Å². The largest absolute Gasteiger partial charge is 0.467 e. The van der Waals surface area contributed by atoms with Crippen LogP contribution in [-0.4, -0.2) is 23.9 Å². The molecule has 0 unspecified atom stereocenters. The lowest BCUT2D eigenvalue weighted by Crippen LogP contribution is -2.35. The van der Waals surface area contributed by atoms with Gasteiger partial charge in [-0.25, -0.2) is 0 Å². The highest BCUT2D eigenvalue weighted by atomic mass is 16.3. The number of nitriles is 1. The van der Waals surface area contributed by atoms with Crippen LogP contribution in [0.1, 0.15) is 23.3 Å². The summed E-state index contributed by atoms with van der Waals surface area (Å²) in [4.78, 5) is 14.1. The van der Waals surface area contributed by atoms with Gasteiger partial charge in [0.25, 0.3) is 0 Å². The SMILES string of the molecule is Cc1cccc(C)c1NCC(=O)N(CCC#N)Cc1ccco1. The summed E-state index contributed by atoms with van der Waals surface area (Å²) in [6.07, 6.45) is 1.88. The fourth-order valence-corrected chi connectivity index (χ4v) is 2.44. The van der Waals surface area contributed by atoms with Crippen molar-refractivity contribution < 1.29 is 9.21 Å². The van der Waals surface area contributed by atoms with E-state index < -0.39 is 0 Å². The predicted molar refractivity (Wildman–Crippen MR) is 88.8 cm³/mol. The molecule has 0 atom stereocenters. The Morgan fingerprint density at radius 1 is 1.26 bits per heavy atom. The minimum atomic E-state index is -0.0562. The molecule has 1 N–H and O–H groups in total. The van der Waals surface area contributed by atoms with E-state index in [1.807, 2.05) is 38.1 Å². The Hall–Kier alpha value is -2.74.